The summed E-state index contributed by atoms with van der Waals surface area (Å²) in [4.78, 5) is 0. The first kappa shape index (κ1) is 15.3. The third kappa shape index (κ3) is 1.62. The van der Waals surface area contributed by atoms with E-state index in [2.05, 4.69) is 0 Å². The van der Waals surface area contributed by atoms with Gasteiger partial charge >= 0.3 is 6.97 Å². The topological polar surface area (TPSA) is 7.94 Å². The number of aromatic nitrogens is 1. The quantitative estimate of drug-likeness (QED) is 0.713. The summed E-state index contributed by atoms with van der Waals surface area (Å²) < 4.78 is 33.0. The number of rotatable bonds is 2. The van der Waals surface area contributed by atoms with Gasteiger partial charge < -0.3 is 17.6 Å². The van der Waals surface area contributed by atoms with Crippen molar-refractivity contribution in [1.29, 1.82) is 0 Å². The molecule has 1 aromatic rings. The monoisotopic (exact) mass is 304 g/mol. The maximum atomic E-state index is 15.3. The van der Waals surface area contributed by atoms with E-state index in [0.29, 0.717) is 11.4 Å². The van der Waals surface area contributed by atoms with Gasteiger partial charge in [0.15, 0.2) is 5.70 Å². The molecule has 0 aliphatic carbocycles. The first-order valence-corrected chi connectivity index (χ1v) is 8.04. The number of hydrogen-bond donors (Lipinski definition) is 0. The largest absolute Gasteiger partial charge is 0.737 e. The minimum atomic E-state index is -3.82. The predicted molar refractivity (Wildman–Crippen MR) is 88.6 cm³/mol. The summed E-state index contributed by atoms with van der Waals surface area (Å²) in [5.74, 6) is 0. The van der Waals surface area contributed by atoms with Crippen LogP contribution in [-0.2, 0) is 6.42 Å². The molecule has 22 heavy (non-hydrogen) atoms. The van der Waals surface area contributed by atoms with E-state index in [1.165, 1.54) is 8.96 Å². The maximum absolute atomic E-state index is 15.3. The van der Waals surface area contributed by atoms with Gasteiger partial charge in [0.05, 0.1) is 0 Å². The van der Waals surface area contributed by atoms with Crippen LogP contribution in [0.25, 0.3) is 5.57 Å². The number of hydrogen-bond acceptors (Lipinski definition) is 0. The highest BCUT2D eigenvalue weighted by Crippen LogP contribution is 2.43. The average Bonchev–Trinajstić information content (AvgIpc) is 2.93. The molecule has 118 valence electrons. The Labute approximate surface area is 130 Å². The Morgan fingerprint density at radius 3 is 2.23 bits per heavy atom. The number of halogens is 2. The molecule has 0 amide bonds. The fourth-order valence-electron chi connectivity index (χ4n) is 4.27. The molecular weight excluding hydrogens is 281 g/mol. The van der Waals surface area contributed by atoms with E-state index in [9.17, 15) is 0 Å². The highest BCUT2D eigenvalue weighted by Gasteiger charge is 2.54. The van der Waals surface area contributed by atoms with Crippen molar-refractivity contribution in [2.24, 2.45) is 0 Å². The van der Waals surface area contributed by atoms with Gasteiger partial charge in [-0.25, -0.2) is 0 Å². The van der Waals surface area contributed by atoms with Crippen molar-refractivity contribution in [2.45, 2.75) is 54.4 Å². The van der Waals surface area contributed by atoms with Crippen LogP contribution in [-0.4, -0.2) is 22.1 Å². The van der Waals surface area contributed by atoms with Gasteiger partial charge in [-0.3, -0.25) is 0 Å². The standard InChI is InChI=1S/C17H23BF2N2/c1-7-14-9-21-16(10(14)3)12(5)17-11(4)15(8-2)13(6)22(17)18(21,19)20/h9H,7-8H2,1-6H3. The van der Waals surface area contributed by atoms with E-state index in [-0.39, 0.29) is 0 Å². The Morgan fingerprint density at radius 1 is 1.05 bits per heavy atom. The van der Waals surface area contributed by atoms with Gasteiger partial charge in [-0.1, -0.05) is 13.8 Å². The summed E-state index contributed by atoms with van der Waals surface area (Å²) in [5, 5.41) is 0. The Morgan fingerprint density at radius 2 is 1.68 bits per heavy atom. The minimum absolute atomic E-state index is 0.703. The molecule has 2 nitrogen and oxygen atoms in total. The van der Waals surface area contributed by atoms with Gasteiger partial charge in [-0.15, -0.1) is 0 Å². The van der Waals surface area contributed by atoms with E-state index in [1.807, 2.05) is 41.5 Å². The highest BCUT2D eigenvalue weighted by molar-refractivity contribution is 6.58. The maximum Gasteiger partial charge on any atom is 0.737 e. The Bertz CT molecular complexity index is 779. The average molecular weight is 304 g/mol. The molecule has 0 unspecified atom stereocenters. The SMILES string of the molecule is CCC1=C(C)C2=C(C)c3c(C)c(CC)c(C)n3[B-](F)(F)[N+]2=C1. The molecule has 0 bridgehead atoms. The van der Waals surface area contributed by atoms with Crippen LogP contribution in [0.5, 0.6) is 0 Å². The third-order valence-corrected chi connectivity index (χ3v) is 5.33. The van der Waals surface area contributed by atoms with Gasteiger partial charge in [-0.2, -0.15) is 0 Å². The van der Waals surface area contributed by atoms with Crippen LogP contribution in [0.15, 0.2) is 16.8 Å². The van der Waals surface area contributed by atoms with Crippen LogP contribution >= 0.6 is 0 Å². The van der Waals surface area contributed by atoms with Crippen LogP contribution in [0.2, 0.25) is 0 Å². The second-order valence-electron chi connectivity index (χ2n) is 6.36. The van der Waals surface area contributed by atoms with Gasteiger partial charge in [0.2, 0.25) is 0 Å². The minimum Gasteiger partial charge on any atom is -0.393 e. The zero-order chi connectivity index (χ0) is 16.4. The van der Waals surface area contributed by atoms with Gasteiger partial charge in [0.1, 0.15) is 6.21 Å². The Balaban J connectivity index is 2.42. The summed E-state index contributed by atoms with van der Waals surface area (Å²) in [7, 11) is 0. The lowest BCUT2D eigenvalue weighted by atomic mass is 9.87. The van der Waals surface area contributed by atoms with Gasteiger partial charge in [0, 0.05) is 22.4 Å². The Hall–Kier alpha value is -1.65. The van der Waals surface area contributed by atoms with E-state index in [4.69, 9.17) is 0 Å². The second-order valence-corrected chi connectivity index (χ2v) is 6.36. The second kappa shape index (κ2) is 4.67. The summed E-state index contributed by atoms with van der Waals surface area (Å²) in [6.07, 6.45) is 3.21. The van der Waals surface area contributed by atoms with E-state index < -0.39 is 6.97 Å². The van der Waals surface area contributed by atoms with Crippen molar-refractivity contribution in [2.75, 3.05) is 0 Å². The highest BCUT2D eigenvalue weighted by atomic mass is 19.2. The van der Waals surface area contributed by atoms with Gasteiger partial charge in [0.25, 0.3) is 0 Å². The first-order chi connectivity index (χ1) is 10.3. The van der Waals surface area contributed by atoms with Crippen molar-refractivity contribution >= 4 is 18.8 Å². The van der Waals surface area contributed by atoms with Crippen molar-refractivity contribution in [3.63, 3.8) is 0 Å². The zero-order valence-corrected chi connectivity index (χ0v) is 14.2. The smallest absolute Gasteiger partial charge is 0.393 e. The summed E-state index contributed by atoms with van der Waals surface area (Å²) in [6.45, 7) is 7.95. The van der Waals surface area contributed by atoms with Crippen LogP contribution in [0.3, 0.4) is 0 Å². The van der Waals surface area contributed by atoms with Crippen molar-refractivity contribution in [3.8, 4) is 0 Å². The molecule has 1 aromatic heterocycles. The van der Waals surface area contributed by atoms with Crippen LogP contribution in [0.1, 0.15) is 56.6 Å². The molecule has 0 fully saturated rings. The number of nitrogens with zero attached hydrogens (tertiary/aromatic N) is 2. The molecule has 0 radical (unpaired) electrons. The van der Waals surface area contributed by atoms with Crippen LogP contribution in [0, 0.1) is 13.8 Å². The lowest BCUT2D eigenvalue weighted by Crippen LogP contribution is -2.50. The van der Waals surface area contributed by atoms with E-state index in [1.54, 1.807) is 6.21 Å². The predicted octanol–water partition coefficient (Wildman–Crippen LogP) is 4.46. The third-order valence-electron chi connectivity index (χ3n) is 5.33. The molecule has 0 spiro atoms. The molecule has 3 rings (SSSR count). The number of allylic oxidation sites excluding steroid dienone is 3. The summed E-state index contributed by atoms with van der Waals surface area (Å²) in [5.41, 5.74) is 7.14. The summed E-state index contributed by atoms with van der Waals surface area (Å²) >= 11 is 0. The first-order valence-electron chi connectivity index (χ1n) is 8.04. The molecule has 2 aliphatic rings. The lowest BCUT2D eigenvalue weighted by Gasteiger charge is -2.32. The molecule has 5 heteroatoms. The molecule has 0 aromatic carbocycles. The van der Waals surface area contributed by atoms with Crippen LogP contribution in [0.4, 0.5) is 8.63 Å². The van der Waals surface area contributed by atoms with Gasteiger partial charge in [-0.05, 0) is 57.4 Å². The molecule has 2 aliphatic heterocycles. The van der Waals surface area contributed by atoms with Crippen molar-refractivity contribution in [3.05, 3.63) is 39.4 Å². The fourth-order valence-corrected chi connectivity index (χ4v) is 4.27. The van der Waals surface area contributed by atoms with Crippen molar-refractivity contribution in [1.82, 2.24) is 4.48 Å². The molecule has 0 saturated heterocycles. The van der Waals surface area contributed by atoms with E-state index >= 15 is 8.63 Å². The lowest BCUT2D eigenvalue weighted by molar-refractivity contribution is -0.358. The molecule has 3 heterocycles. The summed E-state index contributed by atoms with van der Waals surface area (Å²) in [6, 6.07) is 0. The normalized spacial score (nSPS) is 19.5. The molecule has 0 N–H and O–H groups in total. The zero-order valence-electron chi connectivity index (χ0n) is 14.2. The fraction of sp³-hybridized carbons (Fsp3) is 0.471. The number of fused-ring (bicyclic) bond motifs is 2. The Kier molecular flexibility index (Phi) is 3.24. The molecule has 0 saturated carbocycles. The van der Waals surface area contributed by atoms with Crippen molar-refractivity contribution < 1.29 is 13.1 Å². The van der Waals surface area contributed by atoms with Crippen LogP contribution < -0.4 is 0 Å². The van der Waals surface area contributed by atoms with E-state index in [0.717, 1.165) is 46.4 Å². The molecular formula is C17H23BF2N2. The molecule has 0 atom stereocenters.